The van der Waals surface area contributed by atoms with Crippen LogP contribution in [0.15, 0.2) is 39.2 Å². The zero-order valence-electron chi connectivity index (χ0n) is 11.3. The lowest BCUT2D eigenvalue weighted by atomic mass is 10.3. The number of furan rings is 1. The summed E-state index contributed by atoms with van der Waals surface area (Å²) in [5.74, 6) is 1.73. The number of benzene rings is 1. The summed E-state index contributed by atoms with van der Waals surface area (Å²) in [7, 11) is 0. The smallest absolute Gasteiger partial charge is 0.146 e. The SMILES string of the molecule is CCCNCc1ccc(COc2cc(F)ccc2Br)o1. The van der Waals surface area contributed by atoms with E-state index in [1.54, 1.807) is 6.07 Å². The van der Waals surface area contributed by atoms with Crippen LogP contribution in [0.5, 0.6) is 5.75 Å². The largest absolute Gasteiger partial charge is 0.484 e. The van der Waals surface area contributed by atoms with Gasteiger partial charge in [0, 0.05) is 6.07 Å². The predicted octanol–water partition coefficient (Wildman–Crippen LogP) is 4.26. The molecule has 20 heavy (non-hydrogen) atoms. The minimum Gasteiger partial charge on any atom is -0.484 e. The molecule has 1 N–H and O–H groups in total. The van der Waals surface area contributed by atoms with Crippen molar-refractivity contribution in [3.8, 4) is 5.75 Å². The van der Waals surface area contributed by atoms with E-state index < -0.39 is 0 Å². The van der Waals surface area contributed by atoms with Crippen molar-refractivity contribution in [3.63, 3.8) is 0 Å². The molecule has 0 fully saturated rings. The first-order valence-corrected chi connectivity index (χ1v) is 7.34. The normalized spacial score (nSPS) is 10.8. The van der Waals surface area contributed by atoms with Crippen LogP contribution in [0.4, 0.5) is 4.39 Å². The standard InChI is InChI=1S/C15H17BrFNO2/c1-2-7-18-9-12-4-5-13(20-12)10-19-15-8-11(17)3-6-14(15)16/h3-6,8,18H,2,7,9-10H2,1H3. The molecule has 1 heterocycles. The van der Waals surface area contributed by atoms with Gasteiger partial charge in [-0.05, 0) is 53.2 Å². The number of hydrogen-bond donors (Lipinski definition) is 1. The van der Waals surface area contributed by atoms with E-state index in [9.17, 15) is 4.39 Å². The Balaban J connectivity index is 1.89. The van der Waals surface area contributed by atoms with Crippen LogP contribution in [-0.4, -0.2) is 6.54 Å². The minimum absolute atomic E-state index is 0.274. The van der Waals surface area contributed by atoms with E-state index in [0.29, 0.717) is 12.3 Å². The van der Waals surface area contributed by atoms with E-state index in [1.807, 2.05) is 12.1 Å². The van der Waals surface area contributed by atoms with Crippen molar-refractivity contribution >= 4 is 15.9 Å². The lowest BCUT2D eigenvalue weighted by molar-refractivity contribution is 0.262. The molecule has 0 radical (unpaired) electrons. The van der Waals surface area contributed by atoms with Crippen molar-refractivity contribution in [1.82, 2.24) is 5.32 Å². The Bertz CT molecular complexity index is 557. The molecule has 5 heteroatoms. The third-order valence-corrected chi connectivity index (χ3v) is 3.36. The fourth-order valence-corrected chi connectivity index (χ4v) is 2.08. The highest BCUT2D eigenvalue weighted by Crippen LogP contribution is 2.26. The molecule has 0 bridgehead atoms. The molecule has 108 valence electrons. The Kier molecular flexibility index (Phi) is 5.61. The fourth-order valence-electron chi connectivity index (χ4n) is 1.72. The molecule has 0 aliphatic heterocycles. The van der Waals surface area contributed by atoms with Gasteiger partial charge in [0.15, 0.2) is 0 Å². The highest BCUT2D eigenvalue weighted by molar-refractivity contribution is 9.10. The molecule has 0 spiro atoms. The third kappa shape index (κ3) is 4.35. The summed E-state index contributed by atoms with van der Waals surface area (Å²) >= 11 is 3.32. The molecule has 1 aromatic carbocycles. The Morgan fingerprint density at radius 2 is 2.05 bits per heavy atom. The van der Waals surface area contributed by atoms with Gasteiger partial charge < -0.3 is 14.5 Å². The van der Waals surface area contributed by atoms with Crippen LogP contribution in [-0.2, 0) is 13.2 Å². The highest BCUT2D eigenvalue weighted by atomic mass is 79.9. The van der Waals surface area contributed by atoms with Crippen LogP contribution in [0.2, 0.25) is 0 Å². The fraction of sp³-hybridized carbons (Fsp3) is 0.333. The summed E-state index contributed by atoms with van der Waals surface area (Å²) in [6, 6.07) is 8.13. The van der Waals surface area contributed by atoms with Crippen molar-refractivity contribution < 1.29 is 13.5 Å². The summed E-state index contributed by atoms with van der Waals surface area (Å²) in [6.07, 6.45) is 1.09. The van der Waals surface area contributed by atoms with Crippen molar-refractivity contribution in [2.45, 2.75) is 26.5 Å². The number of halogens is 2. The van der Waals surface area contributed by atoms with Crippen molar-refractivity contribution in [2.75, 3.05) is 6.54 Å². The van der Waals surface area contributed by atoms with Crippen LogP contribution < -0.4 is 10.1 Å². The quantitative estimate of drug-likeness (QED) is 0.764. The monoisotopic (exact) mass is 341 g/mol. The van der Waals surface area contributed by atoms with Crippen LogP contribution in [0, 0.1) is 5.82 Å². The lowest BCUT2D eigenvalue weighted by Gasteiger charge is -2.06. The zero-order valence-corrected chi connectivity index (χ0v) is 12.9. The van der Waals surface area contributed by atoms with Gasteiger partial charge in [0.2, 0.25) is 0 Å². The van der Waals surface area contributed by atoms with Gasteiger partial charge in [0.1, 0.15) is 29.7 Å². The molecular formula is C15H17BrFNO2. The first-order valence-electron chi connectivity index (χ1n) is 6.55. The molecule has 0 aliphatic carbocycles. The van der Waals surface area contributed by atoms with Gasteiger partial charge in [-0.15, -0.1) is 0 Å². The van der Waals surface area contributed by atoms with E-state index in [-0.39, 0.29) is 12.4 Å². The number of hydrogen-bond acceptors (Lipinski definition) is 3. The molecular weight excluding hydrogens is 325 g/mol. The van der Waals surface area contributed by atoms with Crippen LogP contribution in [0.1, 0.15) is 24.9 Å². The molecule has 1 aromatic heterocycles. The maximum Gasteiger partial charge on any atom is 0.146 e. The van der Waals surface area contributed by atoms with Gasteiger partial charge >= 0.3 is 0 Å². The van der Waals surface area contributed by atoms with E-state index in [4.69, 9.17) is 9.15 Å². The van der Waals surface area contributed by atoms with Crippen LogP contribution in [0.25, 0.3) is 0 Å². The summed E-state index contributed by atoms with van der Waals surface area (Å²) in [4.78, 5) is 0. The predicted molar refractivity (Wildman–Crippen MR) is 79.1 cm³/mol. The van der Waals surface area contributed by atoms with Crippen LogP contribution >= 0.6 is 15.9 Å². The molecule has 0 unspecified atom stereocenters. The molecule has 0 saturated carbocycles. The molecule has 0 aliphatic rings. The number of nitrogens with one attached hydrogen (secondary N) is 1. The first-order chi connectivity index (χ1) is 9.69. The van der Waals surface area contributed by atoms with Gasteiger partial charge in [-0.25, -0.2) is 4.39 Å². The average molecular weight is 342 g/mol. The van der Waals surface area contributed by atoms with Crippen molar-refractivity contribution in [1.29, 1.82) is 0 Å². The summed E-state index contributed by atoms with van der Waals surface area (Å²) in [6.45, 7) is 4.06. The Morgan fingerprint density at radius 3 is 2.85 bits per heavy atom. The first kappa shape index (κ1) is 15.1. The van der Waals surface area contributed by atoms with E-state index >= 15 is 0 Å². The Hall–Kier alpha value is -1.33. The number of rotatable bonds is 7. The topological polar surface area (TPSA) is 34.4 Å². The Labute approximate surface area is 126 Å². The molecule has 2 aromatic rings. The summed E-state index contributed by atoms with van der Waals surface area (Å²) in [5.41, 5.74) is 0. The van der Waals surface area contributed by atoms with Gasteiger partial charge in [0.05, 0.1) is 11.0 Å². The summed E-state index contributed by atoms with van der Waals surface area (Å²) in [5, 5.41) is 3.26. The average Bonchev–Trinajstić information content (AvgIpc) is 2.88. The third-order valence-electron chi connectivity index (χ3n) is 2.71. The second-order valence-corrected chi connectivity index (χ2v) is 5.26. The van der Waals surface area contributed by atoms with Crippen molar-refractivity contribution in [3.05, 3.63) is 52.1 Å². The molecule has 2 rings (SSSR count). The molecule has 0 atom stereocenters. The van der Waals surface area contributed by atoms with Crippen molar-refractivity contribution in [2.24, 2.45) is 0 Å². The minimum atomic E-state index is -0.327. The highest BCUT2D eigenvalue weighted by Gasteiger charge is 2.06. The Morgan fingerprint density at radius 1 is 1.25 bits per heavy atom. The van der Waals surface area contributed by atoms with Gasteiger partial charge in [-0.1, -0.05) is 6.92 Å². The second kappa shape index (κ2) is 7.45. The summed E-state index contributed by atoms with van der Waals surface area (Å²) < 4.78 is 25.0. The second-order valence-electron chi connectivity index (χ2n) is 4.41. The maximum atomic E-state index is 13.1. The van der Waals surface area contributed by atoms with Gasteiger partial charge in [-0.3, -0.25) is 0 Å². The van der Waals surface area contributed by atoms with Gasteiger partial charge in [-0.2, -0.15) is 0 Å². The zero-order chi connectivity index (χ0) is 14.4. The lowest BCUT2D eigenvalue weighted by Crippen LogP contribution is -2.13. The van der Waals surface area contributed by atoms with E-state index in [1.165, 1.54) is 12.1 Å². The molecule has 3 nitrogen and oxygen atoms in total. The molecule has 0 saturated heterocycles. The van der Waals surface area contributed by atoms with Crippen LogP contribution in [0.3, 0.4) is 0 Å². The number of ether oxygens (including phenoxy) is 1. The molecule has 0 amide bonds. The van der Waals surface area contributed by atoms with E-state index in [0.717, 1.165) is 29.0 Å². The van der Waals surface area contributed by atoms with Gasteiger partial charge in [0.25, 0.3) is 0 Å². The van der Waals surface area contributed by atoms with E-state index in [2.05, 4.69) is 28.2 Å². The maximum absolute atomic E-state index is 13.1.